The lowest BCUT2D eigenvalue weighted by Gasteiger charge is -2.14. The highest BCUT2D eigenvalue weighted by atomic mass is 16.1. The molecule has 0 unspecified atom stereocenters. The van der Waals surface area contributed by atoms with Gasteiger partial charge < -0.3 is 5.32 Å². The molecule has 4 aromatic rings. The third-order valence-electron chi connectivity index (χ3n) is 5.55. The van der Waals surface area contributed by atoms with Gasteiger partial charge in [0.25, 0.3) is 5.56 Å². The van der Waals surface area contributed by atoms with Crippen LogP contribution in [-0.4, -0.2) is 20.3 Å². The van der Waals surface area contributed by atoms with Crippen molar-refractivity contribution in [3.8, 4) is 0 Å². The van der Waals surface area contributed by atoms with E-state index in [4.69, 9.17) is 4.98 Å². The van der Waals surface area contributed by atoms with Crippen molar-refractivity contribution in [1.82, 2.24) is 14.5 Å². The molecule has 1 aliphatic carbocycles. The quantitative estimate of drug-likeness (QED) is 0.468. The van der Waals surface area contributed by atoms with E-state index in [0.717, 1.165) is 35.6 Å². The minimum atomic E-state index is -0.0445. The summed E-state index contributed by atoms with van der Waals surface area (Å²) in [6.45, 7) is 2.00. The number of aromatic nitrogens is 3. The van der Waals surface area contributed by atoms with Gasteiger partial charge in [0.1, 0.15) is 5.82 Å². The standard InChI is InChI=1S/C25H22N4O2/c1-16(30)19-5-2-6-20(12-19)27-21-9-10-23-22(13-21)25(31)29(24(28-23)18-7-8-18)15-17-4-3-11-26-14-17/h2-6,9-14,18,27H,7-8,15H2,1H3. The van der Waals surface area contributed by atoms with Gasteiger partial charge >= 0.3 is 0 Å². The van der Waals surface area contributed by atoms with Crippen molar-refractivity contribution < 1.29 is 4.79 Å². The molecule has 6 nitrogen and oxygen atoms in total. The number of rotatable bonds is 6. The molecule has 0 aliphatic heterocycles. The molecule has 6 heteroatoms. The predicted molar refractivity (Wildman–Crippen MR) is 121 cm³/mol. The zero-order chi connectivity index (χ0) is 21.4. The van der Waals surface area contributed by atoms with Crippen LogP contribution in [0, 0.1) is 0 Å². The number of pyridine rings is 1. The number of hydrogen-bond acceptors (Lipinski definition) is 5. The number of benzene rings is 2. The number of carbonyl (C=O) groups is 1. The topological polar surface area (TPSA) is 76.9 Å². The van der Waals surface area contributed by atoms with Gasteiger partial charge in [-0.05, 0) is 61.7 Å². The third kappa shape index (κ3) is 3.97. The largest absolute Gasteiger partial charge is 0.355 e. The van der Waals surface area contributed by atoms with Gasteiger partial charge in [0.2, 0.25) is 0 Å². The van der Waals surface area contributed by atoms with Gasteiger partial charge in [0, 0.05) is 35.2 Å². The molecule has 154 valence electrons. The maximum Gasteiger partial charge on any atom is 0.261 e. The molecule has 0 saturated heterocycles. The molecule has 1 aliphatic rings. The number of nitrogens with zero attached hydrogens (tertiary/aromatic N) is 3. The van der Waals surface area contributed by atoms with Crippen LogP contribution in [0.25, 0.3) is 10.9 Å². The first-order valence-electron chi connectivity index (χ1n) is 10.4. The normalized spacial score (nSPS) is 13.3. The lowest BCUT2D eigenvalue weighted by atomic mass is 10.1. The van der Waals surface area contributed by atoms with Crippen LogP contribution >= 0.6 is 0 Å². The molecule has 0 amide bonds. The smallest absolute Gasteiger partial charge is 0.261 e. The Morgan fingerprint density at radius 2 is 1.94 bits per heavy atom. The third-order valence-corrected chi connectivity index (χ3v) is 5.55. The highest BCUT2D eigenvalue weighted by Gasteiger charge is 2.29. The van der Waals surface area contributed by atoms with Crippen LogP contribution in [0.2, 0.25) is 0 Å². The summed E-state index contributed by atoms with van der Waals surface area (Å²) >= 11 is 0. The Bertz CT molecular complexity index is 1340. The van der Waals surface area contributed by atoms with E-state index in [0.29, 0.717) is 28.9 Å². The Hall–Kier alpha value is -3.80. The van der Waals surface area contributed by atoms with E-state index in [1.54, 1.807) is 30.0 Å². The molecular weight excluding hydrogens is 388 g/mol. The highest BCUT2D eigenvalue weighted by Crippen LogP contribution is 2.39. The Balaban J connectivity index is 1.56. The highest BCUT2D eigenvalue weighted by molar-refractivity contribution is 5.95. The van der Waals surface area contributed by atoms with Crippen molar-refractivity contribution in [2.75, 3.05) is 5.32 Å². The maximum atomic E-state index is 13.5. The molecule has 5 rings (SSSR count). The van der Waals surface area contributed by atoms with Crippen LogP contribution in [-0.2, 0) is 6.54 Å². The first-order valence-corrected chi connectivity index (χ1v) is 10.4. The van der Waals surface area contributed by atoms with Crippen molar-refractivity contribution >= 4 is 28.1 Å². The minimum absolute atomic E-state index is 0.0113. The minimum Gasteiger partial charge on any atom is -0.355 e. The number of Topliss-reactive ketones (excluding diaryl/α,β-unsaturated/α-hetero) is 1. The van der Waals surface area contributed by atoms with Crippen LogP contribution in [0.4, 0.5) is 11.4 Å². The summed E-state index contributed by atoms with van der Waals surface area (Å²) in [5.41, 5.74) is 3.85. The zero-order valence-electron chi connectivity index (χ0n) is 17.2. The summed E-state index contributed by atoms with van der Waals surface area (Å²) in [5.74, 6) is 1.22. The molecule has 0 atom stereocenters. The summed E-state index contributed by atoms with van der Waals surface area (Å²) in [5, 5.41) is 3.87. The van der Waals surface area contributed by atoms with Crippen molar-refractivity contribution in [1.29, 1.82) is 0 Å². The number of carbonyl (C=O) groups excluding carboxylic acids is 1. The number of ketones is 1. The number of anilines is 2. The lowest BCUT2D eigenvalue weighted by Crippen LogP contribution is -2.25. The molecule has 2 heterocycles. The number of fused-ring (bicyclic) bond motifs is 1. The van der Waals surface area contributed by atoms with Gasteiger partial charge in [0.05, 0.1) is 17.4 Å². The van der Waals surface area contributed by atoms with Gasteiger partial charge in [-0.25, -0.2) is 4.98 Å². The van der Waals surface area contributed by atoms with Gasteiger partial charge in [-0.3, -0.25) is 19.1 Å². The average Bonchev–Trinajstić information content (AvgIpc) is 3.62. The van der Waals surface area contributed by atoms with Gasteiger partial charge in [-0.2, -0.15) is 0 Å². The Morgan fingerprint density at radius 1 is 1.10 bits per heavy atom. The lowest BCUT2D eigenvalue weighted by molar-refractivity contribution is 0.101. The zero-order valence-corrected chi connectivity index (χ0v) is 17.2. The summed E-state index contributed by atoms with van der Waals surface area (Å²) in [6.07, 6.45) is 5.65. The first-order chi connectivity index (χ1) is 15.1. The van der Waals surface area contributed by atoms with Crippen molar-refractivity contribution in [2.24, 2.45) is 0 Å². The summed E-state index contributed by atoms with van der Waals surface area (Å²) in [7, 11) is 0. The second-order valence-electron chi connectivity index (χ2n) is 7.99. The Morgan fingerprint density at radius 3 is 2.68 bits per heavy atom. The molecule has 1 fully saturated rings. The molecule has 2 aromatic carbocycles. The molecule has 1 saturated carbocycles. The van der Waals surface area contributed by atoms with E-state index in [-0.39, 0.29) is 11.3 Å². The first kappa shape index (κ1) is 19.2. The van der Waals surface area contributed by atoms with E-state index in [1.165, 1.54) is 0 Å². The molecular formula is C25H22N4O2. The van der Waals surface area contributed by atoms with Gasteiger partial charge in [-0.15, -0.1) is 0 Å². The van der Waals surface area contributed by atoms with Crippen LogP contribution in [0.5, 0.6) is 0 Å². The predicted octanol–water partition coefficient (Wildman–Crippen LogP) is 4.66. The molecule has 0 bridgehead atoms. The van der Waals surface area contributed by atoms with E-state index < -0.39 is 0 Å². The molecule has 0 spiro atoms. The Kier molecular flexibility index (Phi) is 4.82. The van der Waals surface area contributed by atoms with E-state index in [1.807, 2.05) is 48.5 Å². The molecule has 2 aromatic heterocycles. The van der Waals surface area contributed by atoms with E-state index in [2.05, 4.69) is 10.3 Å². The van der Waals surface area contributed by atoms with Crippen LogP contribution in [0.3, 0.4) is 0 Å². The number of nitrogens with one attached hydrogen (secondary N) is 1. The summed E-state index contributed by atoms with van der Waals surface area (Å²) < 4.78 is 1.79. The molecule has 0 radical (unpaired) electrons. The number of hydrogen-bond donors (Lipinski definition) is 1. The van der Waals surface area contributed by atoms with Gasteiger partial charge in [0.15, 0.2) is 5.78 Å². The van der Waals surface area contributed by atoms with Crippen molar-refractivity contribution in [3.05, 3.63) is 94.3 Å². The monoisotopic (exact) mass is 410 g/mol. The van der Waals surface area contributed by atoms with E-state index in [9.17, 15) is 9.59 Å². The summed E-state index contributed by atoms with van der Waals surface area (Å²) in [6, 6.07) is 16.8. The van der Waals surface area contributed by atoms with Crippen LogP contribution in [0.15, 0.2) is 71.8 Å². The Labute approximate surface area is 179 Å². The maximum absolute atomic E-state index is 13.5. The fraction of sp³-hybridized carbons (Fsp3) is 0.200. The second kappa shape index (κ2) is 7.80. The fourth-order valence-corrected chi connectivity index (χ4v) is 3.78. The summed E-state index contributed by atoms with van der Waals surface area (Å²) in [4.78, 5) is 34.2. The van der Waals surface area contributed by atoms with Crippen LogP contribution in [0.1, 0.15) is 47.4 Å². The second-order valence-corrected chi connectivity index (χ2v) is 7.99. The molecule has 1 N–H and O–H groups in total. The van der Waals surface area contributed by atoms with Crippen molar-refractivity contribution in [2.45, 2.75) is 32.2 Å². The van der Waals surface area contributed by atoms with E-state index >= 15 is 0 Å². The van der Waals surface area contributed by atoms with Crippen molar-refractivity contribution in [3.63, 3.8) is 0 Å². The van der Waals surface area contributed by atoms with Gasteiger partial charge in [-0.1, -0.05) is 18.2 Å². The average molecular weight is 410 g/mol. The molecule has 31 heavy (non-hydrogen) atoms. The fourth-order valence-electron chi connectivity index (χ4n) is 3.78. The SMILES string of the molecule is CC(=O)c1cccc(Nc2ccc3nc(C4CC4)n(Cc4cccnc4)c(=O)c3c2)c1. The van der Waals surface area contributed by atoms with Crippen LogP contribution < -0.4 is 10.9 Å².